The third-order valence-corrected chi connectivity index (χ3v) is 6.75. The first-order chi connectivity index (χ1) is 7.53. The van der Waals surface area contributed by atoms with Gasteiger partial charge in [-0.2, -0.15) is 0 Å². The Hall–Kier alpha value is 0.01000. The molecule has 102 valence electrons. The van der Waals surface area contributed by atoms with E-state index in [0.29, 0.717) is 19.3 Å². The van der Waals surface area contributed by atoms with Crippen molar-refractivity contribution in [2.75, 3.05) is 12.1 Å². The van der Waals surface area contributed by atoms with Crippen molar-refractivity contribution in [3.8, 4) is 0 Å². The predicted octanol–water partition coefficient (Wildman–Crippen LogP) is 1.79. The summed E-state index contributed by atoms with van der Waals surface area (Å²) in [6.45, 7) is 3.28. The van der Waals surface area contributed by atoms with E-state index in [2.05, 4.69) is 0 Å². The SMILES string of the molecule is CC(=O)C(C)CCCCP(=O)(O)CP(=O)(O)O. The van der Waals surface area contributed by atoms with Crippen molar-refractivity contribution in [3.63, 3.8) is 0 Å². The van der Waals surface area contributed by atoms with Crippen LogP contribution >= 0.6 is 15.0 Å². The Morgan fingerprint density at radius 2 is 1.71 bits per heavy atom. The third kappa shape index (κ3) is 9.69. The molecule has 3 N–H and O–H groups in total. The maximum absolute atomic E-state index is 11.4. The molecule has 0 fully saturated rings. The third-order valence-electron chi connectivity index (χ3n) is 2.49. The summed E-state index contributed by atoms with van der Waals surface area (Å²) in [5.74, 6) is -0.954. The number of ketones is 1. The zero-order valence-electron chi connectivity index (χ0n) is 10.1. The van der Waals surface area contributed by atoms with Crippen molar-refractivity contribution in [2.45, 2.75) is 33.1 Å². The van der Waals surface area contributed by atoms with E-state index >= 15 is 0 Å². The first-order valence-electron chi connectivity index (χ1n) is 5.39. The Morgan fingerprint density at radius 1 is 1.18 bits per heavy atom. The van der Waals surface area contributed by atoms with Crippen molar-refractivity contribution in [1.82, 2.24) is 0 Å². The lowest BCUT2D eigenvalue weighted by molar-refractivity contribution is -0.120. The van der Waals surface area contributed by atoms with Crippen LogP contribution in [0.4, 0.5) is 0 Å². The van der Waals surface area contributed by atoms with E-state index in [0.717, 1.165) is 0 Å². The Morgan fingerprint density at radius 3 is 2.12 bits per heavy atom. The number of Topliss-reactive ketones (excluding diaryl/α,β-unsaturated/α-hetero) is 1. The van der Waals surface area contributed by atoms with Gasteiger partial charge in [0.05, 0.1) is 0 Å². The van der Waals surface area contributed by atoms with Crippen LogP contribution < -0.4 is 0 Å². The minimum absolute atomic E-state index is 0.0742. The maximum atomic E-state index is 11.4. The molecule has 0 heterocycles. The van der Waals surface area contributed by atoms with Gasteiger partial charge in [-0.3, -0.25) is 13.9 Å². The average Bonchev–Trinajstić information content (AvgIpc) is 2.07. The second-order valence-electron chi connectivity index (χ2n) is 4.38. The van der Waals surface area contributed by atoms with Gasteiger partial charge >= 0.3 is 7.60 Å². The van der Waals surface area contributed by atoms with E-state index in [1.807, 2.05) is 0 Å². The number of carbonyl (C=O) groups excluding carboxylic acids is 1. The summed E-state index contributed by atoms with van der Waals surface area (Å²) in [6, 6.07) is 0. The van der Waals surface area contributed by atoms with Gasteiger partial charge in [0, 0.05) is 12.1 Å². The highest BCUT2D eigenvalue weighted by molar-refractivity contribution is 7.72. The fourth-order valence-electron chi connectivity index (χ4n) is 1.37. The van der Waals surface area contributed by atoms with E-state index < -0.39 is 20.9 Å². The topological polar surface area (TPSA) is 112 Å². The lowest BCUT2D eigenvalue weighted by Gasteiger charge is -2.13. The fraction of sp³-hybridized carbons (Fsp3) is 0.889. The van der Waals surface area contributed by atoms with Gasteiger partial charge < -0.3 is 14.7 Å². The number of carbonyl (C=O) groups is 1. The summed E-state index contributed by atoms with van der Waals surface area (Å²) in [5.41, 5.74) is 0. The summed E-state index contributed by atoms with van der Waals surface area (Å²) >= 11 is 0. The molecule has 0 aromatic carbocycles. The van der Waals surface area contributed by atoms with Gasteiger partial charge in [0.1, 0.15) is 11.7 Å². The standard InChI is InChI=1S/C9H20O6P2/c1-8(9(2)10)5-3-4-6-16(11,12)7-17(13,14)15/h8H,3-7H2,1-2H3,(H,11,12)(H2,13,14,15). The van der Waals surface area contributed by atoms with Crippen LogP contribution in [0.15, 0.2) is 0 Å². The highest BCUT2D eigenvalue weighted by Crippen LogP contribution is 2.54. The molecule has 0 amide bonds. The highest BCUT2D eigenvalue weighted by atomic mass is 31.2. The highest BCUT2D eigenvalue weighted by Gasteiger charge is 2.28. The molecule has 0 radical (unpaired) electrons. The smallest absolute Gasteiger partial charge is 0.335 e. The molecule has 0 bridgehead atoms. The molecule has 0 aromatic heterocycles. The average molecular weight is 286 g/mol. The lowest BCUT2D eigenvalue weighted by Crippen LogP contribution is -2.06. The lowest BCUT2D eigenvalue weighted by atomic mass is 10.0. The zero-order chi connectivity index (χ0) is 13.7. The first-order valence-corrected chi connectivity index (χ1v) is 9.22. The first kappa shape index (κ1) is 17.0. The van der Waals surface area contributed by atoms with Gasteiger partial charge in [-0.25, -0.2) is 0 Å². The van der Waals surface area contributed by atoms with Gasteiger partial charge in [-0.05, 0) is 19.8 Å². The van der Waals surface area contributed by atoms with Gasteiger partial charge in [0.2, 0.25) is 7.37 Å². The molecule has 0 aliphatic carbocycles. The van der Waals surface area contributed by atoms with E-state index in [-0.39, 0.29) is 17.9 Å². The molecule has 0 rings (SSSR count). The van der Waals surface area contributed by atoms with Crippen molar-refractivity contribution in [1.29, 1.82) is 0 Å². The molecule has 8 heteroatoms. The van der Waals surface area contributed by atoms with Crippen LogP contribution in [0, 0.1) is 5.92 Å². The van der Waals surface area contributed by atoms with Crippen LogP contribution in [-0.2, 0) is 13.9 Å². The molecule has 0 aromatic rings. The fourth-order valence-corrected chi connectivity index (χ4v) is 4.96. The number of hydrogen-bond acceptors (Lipinski definition) is 3. The molecule has 0 aliphatic rings. The minimum atomic E-state index is -4.44. The Kier molecular flexibility index (Phi) is 6.82. The van der Waals surface area contributed by atoms with E-state index in [1.54, 1.807) is 6.92 Å². The van der Waals surface area contributed by atoms with Gasteiger partial charge in [0.25, 0.3) is 0 Å². The van der Waals surface area contributed by atoms with Crippen LogP contribution in [0.5, 0.6) is 0 Å². The Balaban J connectivity index is 3.93. The number of hydrogen-bond donors (Lipinski definition) is 3. The van der Waals surface area contributed by atoms with Gasteiger partial charge in [-0.1, -0.05) is 13.3 Å². The van der Waals surface area contributed by atoms with Crippen LogP contribution in [0.25, 0.3) is 0 Å². The quantitative estimate of drug-likeness (QED) is 0.463. The normalized spacial score (nSPS) is 17.5. The van der Waals surface area contributed by atoms with Crippen molar-refractivity contribution < 1.29 is 28.6 Å². The molecule has 6 nitrogen and oxygen atoms in total. The molecular formula is C9H20O6P2. The van der Waals surface area contributed by atoms with Gasteiger partial charge in [0.15, 0.2) is 0 Å². The number of unbranched alkanes of at least 4 members (excludes halogenated alkanes) is 1. The van der Waals surface area contributed by atoms with Gasteiger partial charge in [-0.15, -0.1) is 0 Å². The largest absolute Gasteiger partial charge is 0.344 e. The predicted molar refractivity (Wildman–Crippen MR) is 65.3 cm³/mol. The second kappa shape index (κ2) is 6.81. The summed E-state index contributed by atoms with van der Waals surface area (Å²) in [6.07, 6.45) is 1.52. The second-order valence-corrected chi connectivity index (χ2v) is 8.98. The summed E-state index contributed by atoms with van der Waals surface area (Å²) in [4.78, 5) is 37.4. The van der Waals surface area contributed by atoms with Crippen LogP contribution in [0.1, 0.15) is 33.1 Å². The Bertz CT molecular complexity index is 347. The van der Waals surface area contributed by atoms with Crippen molar-refractivity contribution in [3.05, 3.63) is 0 Å². The molecule has 2 atom stereocenters. The van der Waals surface area contributed by atoms with E-state index in [4.69, 9.17) is 9.79 Å². The monoisotopic (exact) mass is 286 g/mol. The molecular weight excluding hydrogens is 266 g/mol. The summed E-state index contributed by atoms with van der Waals surface area (Å²) in [5, 5.41) is 0. The zero-order valence-corrected chi connectivity index (χ0v) is 11.9. The van der Waals surface area contributed by atoms with Crippen molar-refractivity contribution >= 4 is 20.7 Å². The molecule has 17 heavy (non-hydrogen) atoms. The van der Waals surface area contributed by atoms with Crippen molar-refractivity contribution in [2.24, 2.45) is 5.92 Å². The summed E-state index contributed by atoms with van der Waals surface area (Å²) in [7, 11) is -8.18. The molecule has 0 saturated carbocycles. The molecule has 2 unspecified atom stereocenters. The maximum Gasteiger partial charge on any atom is 0.335 e. The van der Waals surface area contributed by atoms with E-state index in [9.17, 15) is 18.8 Å². The number of rotatable bonds is 8. The molecule has 0 aliphatic heterocycles. The van der Waals surface area contributed by atoms with Crippen LogP contribution in [0.3, 0.4) is 0 Å². The summed E-state index contributed by atoms with van der Waals surface area (Å²) < 4.78 is 22.0. The van der Waals surface area contributed by atoms with E-state index in [1.165, 1.54) is 6.92 Å². The minimum Gasteiger partial charge on any atom is -0.344 e. The van der Waals surface area contributed by atoms with Crippen LogP contribution in [0.2, 0.25) is 0 Å². The Labute approximate surface area is 101 Å². The molecule has 0 spiro atoms. The molecule has 0 saturated heterocycles. The van der Waals surface area contributed by atoms with Crippen LogP contribution in [-0.4, -0.2) is 32.5 Å².